The molecule has 0 spiro atoms. The van der Waals surface area contributed by atoms with Gasteiger partial charge in [-0.1, -0.05) is 18.2 Å². The van der Waals surface area contributed by atoms with Crippen molar-refractivity contribution in [1.82, 2.24) is 0 Å². The van der Waals surface area contributed by atoms with E-state index in [2.05, 4.69) is 10.6 Å². The Morgan fingerprint density at radius 2 is 1.83 bits per heavy atom. The highest BCUT2D eigenvalue weighted by Gasteiger charge is 2.13. The predicted octanol–water partition coefficient (Wildman–Crippen LogP) is 4.25. The van der Waals surface area contributed by atoms with Crippen LogP contribution in [0.3, 0.4) is 0 Å². The molecule has 0 aliphatic heterocycles. The Hall–Kier alpha value is -2.73. The van der Waals surface area contributed by atoms with Crippen LogP contribution in [0, 0.1) is 5.82 Å². The summed E-state index contributed by atoms with van der Waals surface area (Å²) in [6.07, 6.45) is 0. The molecule has 0 unspecified atom stereocenters. The van der Waals surface area contributed by atoms with Crippen LogP contribution in [-0.2, 0) is 4.79 Å². The van der Waals surface area contributed by atoms with Crippen molar-refractivity contribution in [3.8, 4) is 0 Å². The van der Waals surface area contributed by atoms with Gasteiger partial charge in [0.1, 0.15) is 5.82 Å². The van der Waals surface area contributed by atoms with E-state index in [4.69, 9.17) is 0 Å². The summed E-state index contributed by atoms with van der Waals surface area (Å²) >= 11 is 1.34. The molecule has 0 bridgehead atoms. The SMILES string of the molecule is CC(=O)Nc1ccc(F)c(NC(=O)c2cc3ccccc3s2)c1. The van der Waals surface area contributed by atoms with E-state index in [0.29, 0.717) is 10.6 Å². The van der Waals surface area contributed by atoms with E-state index in [-0.39, 0.29) is 17.5 Å². The lowest BCUT2D eigenvalue weighted by molar-refractivity contribution is -0.114. The molecule has 6 heteroatoms. The quantitative estimate of drug-likeness (QED) is 0.755. The molecule has 4 nitrogen and oxygen atoms in total. The summed E-state index contributed by atoms with van der Waals surface area (Å²) in [5.74, 6) is -1.21. The second-order valence-electron chi connectivity index (χ2n) is 4.98. The molecule has 116 valence electrons. The summed E-state index contributed by atoms with van der Waals surface area (Å²) in [4.78, 5) is 23.9. The maximum Gasteiger partial charge on any atom is 0.265 e. The third-order valence-electron chi connectivity index (χ3n) is 3.18. The van der Waals surface area contributed by atoms with Crippen LogP contribution in [0.2, 0.25) is 0 Å². The minimum atomic E-state index is -0.562. The van der Waals surface area contributed by atoms with Gasteiger partial charge in [-0.05, 0) is 35.7 Å². The fourth-order valence-corrected chi connectivity index (χ4v) is 3.14. The minimum Gasteiger partial charge on any atom is -0.326 e. The average molecular weight is 328 g/mol. The number of benzene rings is 2. The van der Waals surface area contributed by atoms with Gasteiger partial charge in [0.25, 0.3) is 5.91 Å². The molecule has 3 rings (SSSR count). The molecule has 23 heavy (non-hydrogen) atoms. The largest absolute Gasteiger partial charge is 0.326 e. The molecule has 2 amide bonds. The number of nitrogens with one attached hydrogen (secondary N) is 2. The highest BCUT2D eigenvalue weighted by molar-refractivity contribution is 7.20. The summed E-state index contributed by atoms with van der Waals surface area (Å²) in [6.45, 7) is 1.36. The van der Waals surface area contributed by atoms with Gasteiger partial charge in [0.05, 0.1) is 10.6 Å². The zero-order chi connectivity index (χ0) is 16.4. The van der Waals surface area contributed by atoms with Gasteiger partial charge in [0.2, 0.25) is 5.91 Å². The van der Waals surface area contributed by atoms with Crippen molar-refractivity contribution >= 4 is 44.6 Å². The van der Waals surface area contributed by atoms with Crippen molar-refractivity contribution in [1.29, 1.82) is 0 Å². The number of amides is 2. The van der Waals surface area contributed by atoms with Crippen LogP contribution in [0.25, 0.3) is 10.1 Å². The molecule has 1 heterocycles. The van der Waals surface area contributed by atoms with E-state index in [9.17, 15) is 14.0 Å². The molecular formula is C17H13FN2O2S. The first-order valence-electron chi connectivity index (χ1n) is 6.90. The topological polar surface area (TPSA) is 58.2 Å². The second-order valence-corrected chi connectivity index (χ2v) is 6.06. The molecule has 0 aliphatic rings. The Balaban J connectivity index is 1.85. The lowest BCUT2D eigenvalue weighted by Gasteiger charge is -2.08. The Morgan fingerprint density at radius 1 is 1.04 bits per heavy atom. The standard InChI is InChI=1S/C17H13FN2O2S/c1-10(21)19-12-6-7-13(18)14(9-12)20-17(22)16-8-11-4-2-3-5-15(11)23-16/h2-9H,1H3,(H,19,21)(H,20,22). The van der Waals surface area contributed by atoms with Crippen molar-refractivity contribution < 1.29 is 14.0 Å². The van der Waals surface area contributed by atoms with Crippen LogP contribution in [0.1, 0.15) is 16.6 Å². The van der Waals surface area contributed by atoms with Crippen LogP contribution in [0.15, 0.2) is 48.5 Å². The van der Waals surface area contributed by atoms with Crippen LogP contribution >= 0.6 is 11.3 Å². The van der Waals surface area contributed by atoms with Gasteiger partial charge in [-0.25, -0.2) is 4.39 Å². The van der Waals surface area contributed by atoms with Crippen molar-refractivity contribution in [2.75, 3.05) is 10.6 Å². The lowest BCUT2D eigenvalue weighted by atomic mass is 10.2. The molecule has 0 radical (unpaired) electrons. The van der Waals surface area contributed by atoms with E-state index in [1.54, 1.807) is 6.07 Å². The Morgan fingerprint density at radius 3 is 2.57 bits per heavy atom. The molecule has 3 aromatic rings. The van der Waals surface area contributed by atoms with Crippen LogP contribution < -0.4 is 10.6 Å². The van der Waals surface area contributed by atoms with E-state index < -0.39 is 5.82 Å². The predicted molar refractivity (Wildman–Crippen MR) is 90.5 cm³/mol. The number of fused-ring (bicyclic) bond motifs is 1. The van der Waals surface area contributed by atoms with Gasteiger partial charge in [-0.15, -0.1) is 11.3 Å². The number of hydrogen-bond donors (Lipinski definition) is 2. The van der Waals surface area contributed by atoms with Crippen molar-refractivity contribution in [2.45, 2.75) is 6.92 Å². The molecule has 0 saturated heterocycles. The van der Waals surface area contributed by atoms with Gasteiger partial charge < -0.3 is 10.6 Å². The highest BCUT2D eigenvalue weighted by Crippen LogP contribution is 2.27. The third kappa shape index (κ3) is 3.37. The smallest absolute Gasteiger partial charge is 0.265 e. The number of anilines is 2. The fourth-order valence-electron chi connectivity index (χ4n) is 2.18. The van der Waals surface area contributed by atoms with Gasteiger partial charge in [0.15, 0.2) is 0 Å². The summed E-state index contributed by atoms with van der Waals surface area (Å²) in [6, 6.07) is 13.4. The van der Waals surface area contributed by atoms with Crippen LogP contribution in [0.4, 0.5) is 15.8 Å². The lowest BCUT2D eigenvalue weighted by Crippen LogP contribution is -2.12. The molecular weight excluding hydrogens is 315 g/mol. The number of carbonyl (C=O) groups is 2. The summed E-state index contributed by atoms with van der Waals surface area (Å²) in [7, 11) is 0. The Labute approximate surface area is 135 Å². The monoisotopic (exact) mass is 328 g/mol. The van der Waals surface area contributed by atoms with Crippen LogP contribution in [0.5, 0.6) is 0 Å². The van der Waals surface area contributed by atoms with Gasteiger partial charge >= 0.3 is 0 Å². The maximum atomic E-state index is 13.9. The number of hydrogen-bond acceptors (Lipinski definition) is 3. The summed E-state index contributed by atoms with van der Waals surface area (Å²) in [5.41, 5.74) is 0.448. The number of halogens is 1. The first-order valence-corrected chi connectivity index (χ1v) is 7.71. The number of thiophene rings is 1. The average Bonchev–Trinajstić information content (AvgIpc) is 2.94. The number of rotatable bonds is 3. The molecule has 0 fully saturated rings. The van der Waals surface area contributed by atoms with E-state index in [0.717, 1.165) is 10.1 Å². The zero-order valence-electron chi connectivity index (χ0n) is 12.2. The fraction of sp³-hybridized carbons (Fsp3) is 0.0588. The van der Waals surface area contributed by atoms with Crippen LogP contribution in [-0.4, -0.2) is 11.8 Å². The molecule has 0 aliphatic carbocycles. The highest BCUT2D eigenvalue weighted by atomic mass is 32.1. The van der Waals surface area contributed by atoms with Crippen molar-refractivity contribution in [2.24, 2.45) is 0 Å². The van der Waals surface area contributed by atoms with Gasteiger partial charge in [-0.3, -0.25) is 9.59 Å². The van der Waals surface area contributed by atoms with Gasteiger partial charge in [-0.2, -0.15) is 0 Å². The molecule has 1 aromatic heterocycles. The molecule has 0 saturated carbocycles. The third-order valence-corrected chi connectivity index (χ3v) is 4.30. The first kappa shape index (κ1) is 15.2. The van der Waals surface area contributed by atoms with E-state index >= 15 is 0 Å². The Bertz CT molecular complexity index is 871. The van der Waals surface area contributed by atoms with E-state index in [1.165, 1.54) is 36.5 Å². The van der Waals surface area contributed by atoms with Gasteiger partial charge in [0, 0.05) is 17.3 Å². The second kappa shape index (κ2) is 6.18. The normalized spacial score (nSPS) is 10.5. The zero-order valence-corrected chi connectivity index (χ0v) is 13.0. The summed E-state index contributed by atoms with van der Waals surface area (Å²) in [5, 5.41) is 6.07. The summed E-state index contributed by atoms with van der Waals surface area (Å²) < 4.78 is 14.9. The maximum absolute atomic E-state index is 13.9. The van der Waals surface area contributed by atoms with E-state index in [1.807, 2.05) is 24.3 Å². The molecule has 0 atom stereocenters. The van der Waals surface area contributed by atoms with Crippen molar-refractivity contribution in [3.63, 3.8) is 0 Å². The first-order chi connectivity index (χ1) is 11.0. The molecule has 2 aromatic carbocycles. The number of carbonyl (C=O) groups excluding carboxylic acids is 2. The molecule has 2 N–H and O–H groups in total. The minimum absolute atomic E-state index is 0.0266. The Kier molecular flexibility index (Phi) is 4.08. The van der Waals surface area contributed by atoms with Crippen molar-refractivity contribution in [3.05, 3.63) is 59.2 Å².